The number of anilines is 1. The van der Waals surface area contributed by atoms with Crippen molar-refractivity contribution in [2.24, 2.45) is 0 Å². The molecule has 0 unspecified atom stereocenters. The van der Waals surface area contributed by atoms with Crippen LogP contribution < -0.4 is 10.2 Å². The molecule has 2 atom stereocenters. The number of benzene rings is 1. The Balaban J connectivity index is 1.56. The molecule has 0 spiro atoms. The van der Waals surface area contributed by atoms with Gasteiger partial charge in [-0.1, -0.05) is 11.6 Å². The van der Waals surface area contributed by atoms with Gasteiger partial charge in [0.1, 0.15) is 0 Å². The molecule has 3 aliphatic heterocycles. The SMILES string of the molecule is O=S(=O)(c1ccc(N2CCN3CCC[C@H]3C2)cc1Cl)[C@H]1CCNC1. The fourth-order valence-electron chi connectivity index (χ4n) is 4.22. The first-order valence-electron chi connectivity index (χ1n) is 8.79. The molecule has 3 fully saturated rings. The Bertz CT molecular complexity index is 719. The Morgan fingerprint density at radius 2 is 2.04 bits per heavy atom. The van der Waals surface area contributed by atoms with Crippen molar-refractivity contribution >= 4 is 27.1 Å². The third-order valence-corrected chi connectivity index (χ3v) is 8.30. The fraction of sp³-hybridized carbons (Fsp3) is 0.647. The van der Waals surface area contributed by atoms with Crippen LogP contribution in [-0.4, -0.2) is 63.9 Å². The van der Waals surface area contributed by atoms with Gasteiger partial charge in [0.2, 0.25) is 0 Å². The molecule has 1 N–H and O–H groups in total. The zero-order chi connectivity index (χ0) is 16.7. The van der Waals surface area contributed by atoms with Gasteiger partial charge in [-0.3, -0.25) is 4.90 Å². The van der Waals surface area contributed by atoms with Crippen molar-refractivity contribution in [3.05, 3.63) is 23.2 Å². The fourth-order valence-corrected chi connectivity index (χ4v) is 6.43. The normalized spacial score (nSPS) is 28.3. The number of fused-ring (bicyclic) bond motifs is 1. The van der Waals surface area contributed by atoms with Gasteiger partial charge >= 0.3 is 0 Å². The lowest BCUT2D eigenvalue weighted by atomic mass is 10.1. The van der Waals surface area contributed by atoms with E-state index in [1.165, 1.54) is 19.4 Å². The molecule has 132 valence electrons. The van der Waals surface area contributed by atoms with Crippen LogP contribution in [0.1, 0.15) is 19.3 Å². The number of hydrogen-bond acceptors (Lipinski definition) is 5. The Morgan fingerprint density at radius 1 is 1.17 bits per heavy atom. The molecule has 3 heterocycles. The van der Waals surface area contributed by atoms with E-state index in [-0.39, 0.29) is 10.1 Å². The van der Waals surface area contributed by atoms with Crippen molar-refractivity contribution in [2.45, 2.75) is 35.4 Å². The standard InChI is InChI=1S/C17H24ClN3O2S/c18-16-10-13(21-9-8-20-7-1-2-14(20)12-21)3-4-17(16)24(22,23)15-5-6-19-11-15/h3-4,10,14-15,19H,1-2,5-9,11-12H2/t14-,15-/m0/s1. The van der Waals surface area contributed by atoms with Crippen molar-refractivity contribution in [3.8, 4) is 0 Å². The van der Waals surface area contributed by atoms with E-state index in [2.05, 4.69) is 15.1 Å². The highest BCUT2D eigenvalue weighted by Crippen LogP contribution is 2.32. The second kappa shape index (κ2) is 6.48. The molecule has 0 bridgehead atoms. The lowest BCUT2D eigenvalue weighted by Gasteiger charge is -2.39. The molecule has 5 nitrogen and oxygen atoms in total. The maximum atomic E-state index is 12.7. The van der Waals surface area contributed by atoms with E-state index in [1.54, 1.807) is 6.07 Å². The van der Waals surface area contributed by atoms with Crippen LogP contribution in [0.3, 0.4) is 0 Å². The summed E-state index contributed by atoms with van der Waals surface area (Å²) in [6, 6.07) is 6.09. The quantitative estimate of drug-likeness (QED) is 0.879. The van der Waals surface area contributed by atoms with Crippen LogP contribution in [0.15, 0.2) is 23.1 Å². The second-order valence-corrected chi connectivity index (χ2v) is 9.66. The van der Waals surface area contributed by atoms with Crippen LogP contribution in [0.4, 0.5) is 5.69 Å². The summed E-state index contributed by atoms with van der Waals surface area (Å²) < 4.78 is 25.5. The van der Waals surface area contributed by atoms with Gasteiger partial charge in [0.05, 0.1) is 15.2 Å². The molecule has 7 heteroatoms. The minimum Gasteiger partial charge on any atom is -0.369 e. The molecule has 0 amide bonds. The maximum Gasteiger partial charge on any atom is 0.183 e. The largest absolute Gasteiger partial charge is 0.369 e. The minimum atomic E-state index is -3.35. The first-order valence-corrected chi connectivity index (χ1v) is 10.7. The molecule has 1 aromatic rings. The summed E-state index contributed by atoms with van der Waals surface area (Å²) >= 11 is 6.39. The van der Waals surface area contributed by atoms with Crippen molar-refractivity contribution < 1.29 is 8.42 Å². The van der Waals surface area contributed by atoms with Crippen LogP contribution >= 0.6 is 11.6 Å². The first-order chi connectivity index (χ1) is 11.6. The molecule has 3 saturated heterocycles. The maximum absolute atomic E-state index is 12.7. The molecule has 0 saturated carbocycles. The van der Waals surface area contributed by atoms with Gasteiger partial charge in [0, 0.05) is 37.9 Å². The van der Waals surface area contributed by atoms with Crippen molar-refractivity contribution in [1.82, 2.24) is 10.2 Å². The van der Waals surface area contributed by atoms with Gasteiger partial charge in [-0.05, 0) is 50.6 Å². The lowest BCUT2D eigenvalue weighted by molar-refractivity contribution is 0.231. The molecular formula is C17H24ClN3O2S. The molecule has 24 heavy (non-hydrogen) atoms. The van der Waals surface area contributed by atoms with Crippen molar-refractivity contribution in [1.29, 1.82) is 0 Å². The zero-order valence-electron chi connectivity index (χ0n) is 13.7. The topological polar surface area (TPSA) is 52.7 Å². The highest BCUT2D eigenvalue weighted by Gasteiger charge is 2.33. The van der Waals surface area contributed by atoms with Gasteiger partial charge < -0.3 is 10.2 Å². The molecule has 3 aliphatic rings. The van der Waals surface area contributed by atoms with Crippen LogP contribution in [0.5, 0.6) is 0 Å². The van der Waals surface area contributed by atoms with Crippen LogP contribution in [0.2, 0.25) is 5.02 Å². The van der Waals surface area contributed by atoms with E-state index >= 15 is 0 Å². The molecule has 0 radical (unpaired) electrons. The first kappa shape index (κ1) is 16.6. The number of hydrogen-bond donors (Lipinski definition) is 1. The molecule has 4 rings (SSSR count). The molecule has 0 aromatic heterocycles. The lowest BCUT2D eigenvalue weighted by Crippen LogP contribution is -2.50. The monoisotopic (exact) mass is 369 g/mol. The Labute approximate surface area is 148 Å². The van der Waals surface area contributed by atoms with Gasteiger partial charge in [0.25, 0.3) is 0 Å². The van der Waals surface area contributed by atoms with Gasteiger partial charge in [0.15, 0.2) is 9.84 Å². The number of nitrogens with zero attached hydrogens (tertiary/aromatic N) is 2. The third-order valence-electron chi connectivity index (χ3n) is 5.63. The van der Waals surface area contributed by atoms with E-state index in [1.807, 2.05) is 12.1 Å². The molecule has 0 aliphatic carbocycles. The van der Waals surface area contributed by atoms with Crippen molar-refractivity contribution in [2.75, 3.05) is 44.2 Å². The smallest absolute Gasteiger partial charge is 0.183 e. The highest BCUT2D eigenvalue weighted by atomic mass is 35.5. The zero-order valence-corrected chi connectivity index (χ0v) is 15.3. The van der Waals surface area contributed by atoms with E-state index < -0.39 is 9.84 Å². The Morgan fingerprint density at radius 3 is 2.79 bits per heavy atom. The summed E-state index contributed by atoms with van der Waals surface area (Å²) in [7, 11) is -3.35. The summed E-state index contributed by atoms with van der Waals surface area (Å²) in [4.78, 5) is 5.18. The van der Waals surface area contributed by atoms with E-state index in [9.17, 15) is 8.42 Å². The summed E-state index contributed by atoms with van der Waals surface area (Å²) in [5.41, 5.74) is 1.04. The van der Waals surface area contributed by atoms with Gasteiger partial charge in [-0.25, -0.2) is 8.42 Å². The summed E-state index contributed by atoms with van der Waals surface area (Å²) in [5.74, 6) is 0. The summed E-state index contributed by atoms with van der Waals surface area (Å²) in [6.07, 6.45) is 3.20. The second-order valence-electron chi connectivity index (χ2n) is 7.05. The van der Waals surface area contributed by atoms with E-state index in [0.717, 1.165) is 31.9 Å². The van der Waals surface area contributed by atoms with Crippen molar-refractivity contribution in [3.63, 3.8) is 0 Å². The van der Waals surface area contributed by atoms with Gasteiger partial charge in [-0.2, -0.15) is 0 Å². The number of halogens is 1. The predicted octanol–water partition coefficient (Wildman–Crippen LogP) is 1.76. The molecule has 1 aromatic carbocycles. The summed E-state index contributed by atoms with van der Waals surface area (Å²) in [5, 5.41) is 3.11. The van der Waals surface area contributed by atoms with Crippen LogP contribution in [0.25, 0.3) is 0 Å². The Hall–Kier alpha value is -0.820. The third kappa shape index (κ3) is 2.94. The average molecular weight is 370 g/mol. The van der Waals surface area contributed by atoms with Crippen LogP contribution in [-0.2, 0) is 9.84 Å². The average Bonchev–Trinajstić information content (AvgIpc) is 3.25. The van der Waals surface area contributed by atoms with E-state index in [0.29, 0.717) is 24.0 Å². The van der Waals surface area contributed by atoms with Crippen LogP contribution in [0, 0.1) is 0 Å². The minimum absolute atomic E-state index is 0.279. The van der Waals surface area contributed by atoms with Gasteiger partial charge in [-0.15, -0.1) is 0 Å². The predicted molar refractivity (Wildman–Crippen MR) is 96.7 cm³/mol. The number of rotatable bonds is 3. The number of nitrogens with one attached hydrogen (secondary N) is 1. The van der Waals surface area contributed by atoms with E-state index in [4.69, 9.17) is 11.6 Å². The summed E-state index contributed by atoms with van der Waals surface area (Å²) in [6.45, 7) is 5.55. The number of piperazine rings is 1. The highest BCUT2D eigenvalue weighted by molar-refractivity contribution is 7.92. The number of sulfone groups is 1. The molecular weight excluding hydrogens is 346 g/mol. The Kier molecular flexibility index (Phi) is 4.49.